The third kappa shape index (κ3) is 5.98. The summed E-state index contributed by atoms with van der Waals surface area (Å²) >= 11 is 0. The molecule has 0 saturated carbocycles. The number of fused-ring (bicyclic) bond motifs is 7. The van der Waals surface area contributed by atoms with Crippen LogP contribution >= 0.6 is 0 Å². The number of rotatable bonds is 5. The summed E-state index contributed by atoms with van der Waals surface area (Å²) in [5, 5.41) is 0. The molecule has 0 aromatic rings. The molecule has 10 nitrogen and oxygen atoms in total. The molecule has 4 rings (SSSR count). The molecule has 0 aromatic heterocycles. The first-order valence-electron chi connectivity index (χ1n) is 11.7. The fraction of sp³-hybridized carbons (Fsp3) is 0.909. The Morgan fingerprint density at radius 3 is 1.84 bits per heavy atom. The van der Waals surface area contributed by atoms with Crippen LogP contribution in [0.4, 0.5) is 0 Å². The van der Waals surface area contributed by atoms with Crippen molar-refractivity contribution in [2.24, 2.45) is 0 Å². The molecule has 4 saturated heterocycles. The van der Waals surface area contributed by atoms with Crippen LogP contribution in [0.2, 0.25) is 0 Å². The highest BCUT2D eigenvalue weighted by Gasteiger charge is 2.54. The predicted molar refractivity (Wildman–Crippen MR) is 107 cm³/mol. The summed E-state index contributed by atoms with van der Waals surface area (Å²) < 4.78 is 46.3. The first-order valence-corrected chi connectivity index (χ1v) is 11.7. The standard InChI is InChI=1S/C22H34O10/c1-3-4-5-6-7-22(2)31-20-14-12-27-18(29-14)10-16(23)25-8-9-26-17(24)11-19-28-13-15(30-19)21(20)32-22/h14-15,18-21H,3-13H2,1-2H3. The molecule has 4 aliphatic rings. The van der Waals surface area contributed by atoms with Gasteiger partial charge in [0, 0.05) is 6.42 Å². The van der Waals surface area contributed by atoms with E-state index in [1.54, 1.807) is 0 Å². The normalized spacial score (nSPS) is 40.7. The Morgan fingerprint density at radius 2 is 1.34 bits per heavy atom. The number of unbranched alkanes of at least 4 members (excludes halogenated alkanes) is 3. The molecular formula is C22H34O10. The van der Waals surface area contributed by atoms with E-state index in [2.05, 4.69) is 6.92 Å². The SMILES string of the molecule is CCCCCCC1(C)OC2C3COC(CC(=O)OCCOC(=O)CC4OCC(O4)C2O1)O3. The molecule has 0 aromatic carbocycles. The topological polar surface area (TPSA) is 108 Å². The maximum atomic E-state index is 12.0. The van der Waals surface area contributed by atoms with E-state index in [4.69, 9.17) is 37.9 Å². The van der Waals surface area contributed by atoms with Crippen LogP contribution in [0.5, 0.6) is 0 Å². The zero-order valence-corrected chi connectivity index (χ0v) is 18.8. The highest BCUT2D eigenvalue weighted by atomic mass is 16.8. The van der Waals surface area contributed by atoms with Crippen LogP contribution in [0, 0.1) is 0 Å². The summed E-state index contributed by atoms with van der Waals surface area (Å²) in [5.74, 6) is -1.75. The fourth-order valence-electron chi connectivity index (χ4n) is 4.51. The Balaban J connectivity index is 1.47. The van der Waals surface area contributed by atoms with Crippen molar-refractivity contribution in [2.75, 3.05) is 26.4 Å². The minimum absolute atomic E-state index is 0.0340. The third-order valence-corrected chi connectivity index (χ3v) is 6.13. The highest BCUT2D eigenvalue weighted by molar-refractivity contribution is 5.70. The van der Waals surface area contributed by atoms with Gasteiger partial charge in [-0.25, -0.2) is 0 Å². The van der Waals surface area contributed by atoms with Crippen molar-refractivity contribution in [2.45, 2.75) is 102 Å². The average Bonchev–Trinajstić information content (AvgIpc) is 3.47. The van der Waals surface area contributed by atoms with Gasteiger partial charge < -0.3 is 37.9 Å². The lowest BCUT2D eigenvalue weighted by Gasteiger charge is -2.25. The molecule has 10 heteroatoms. The molecule has 0 aliphatic carbocycles. The number of esters is 2. The van der Waals surface area contributed by atoms with E-state index in [0.29, 0.717) is 0 Å². The Hall–Kier alpha value is -1.30. The van der Waals surface area contributed by atoms with Gasteiger partial charge in [-0.2, -0.15) is 0 Å². The van der Waals surface area contributed by atoms with E-state index in [0.717, 1.165) is 32.1 Å². The largest absolute Gasteiger partial charge is 0.462 e. The maximum Gasteiger partial charge on any atom is 0.311 e. The van der Waals surface area contributed by atoms with Crippen LogP contribution in [0.1, 0.15) is 58.8 Å². The third-order valence-electron chi connectivity index (χ3n) is 6.13. The fourth-order valence-corrected chi connectivity index (χ4v) is 4.51. The first kappa shape index (κ1) is 23.8. The van der Waals surface area contributed by atoms with Crippen molar-refractivity contribution in [1.29, 1.82) is 0 Å². The molecule has 6 unspecified atom stereocenters. The van der Waals surface area contributed by atoms with Crippen molar-refractivity contribution < 1.29 is 47.5 Å². The van der Waals surface area contributed by atoms with Crippen LogP contribution < -0.4 is 0 Å². The Labute approximate surface area is 188 Å². The molecule has 182 valence electrons. The zero-order valence-electron chi connectivity index (χ0n) is 18.8. The van der Waals surface area contributed by atoms with E-state index in [-0.39, 0.29) is 39.3 Å². The summed E-state index contributed by atoms with van der Waals surface area (Å²) in [6.45, 7) is 4.58. The lowest BCUT2D eigenvalue weighted by atomic mass is 10.0. The van der Waals surface area contributed by atoms with Gasteiger partial charge in [-0.05, 0) is 13.3 Å². The monoisotopic (exact) mass is 458 g/mol. The quantitative estimate of drug-likeness (QED) is 0.447. The van der Waals surface area contributed by atoms with Crippen molar-refractivity contribution in [3.8, 4) is 0 Å². The molecule has 0 N–H and O–H groups in total. The van der Waals surface area contributed by atoms with E-state index in [1.807, 2.05) is 6.92 Å². The van der Waals surface area contributed by atoms with Crippen LogP contribution in [0.3, 0.4) is 0 Å². The van der Waals surface area contributed by atoms with Gasteiger partial charge in [-0.1, -0.05) is 26.2 Å². The van der Waals surface area contributed by atoms with E-state index in [1.165, 1.54) is 0 Å². The molecule has 0 radical (unpaired) electrons. The van der Waals surface area contributed by atoms with Gasteiger partial charge in [0.1, 0.15) is 37.6 Å². The van der Waals surface area contributed by atoms with Crippen LogP contribution in [-0.2, 0) is 47.5 Å². The minimum atomic E-state index is -0.785. The van der Waals surface area contributed by atoms with Crippen molar-refractivity contribution in [3.63, 3.8) is 0 Å². The lowest BCUT2D eigenvalue weighted by Crippen LogP contribution is -2.44. The summed E-state index contributed by atoms with van der Waals surface area (Å²) in [6, 6.07) is 0. The Kier molecular flexibility index (Phi) is 8.01. The van der Waals surface area contributed by atoms with Gasteiger partial charge in [0.15, 0.2) is 18.4 Å². The number of carbonyl (C=O) groups is 2. The van der Waals surface area contributed by atoms with Crippen LogP contribution in [-0.4, -0.2) is 81.1 Å². The van der Waals surface area contributed by atoms with Crippen molar-refractivity contribution >= 4 is 11.9 Å². The number of carbonyl (C=O) groups excluding carboxylic acids is 2. The highest BCUT2D eigenvalue weighted by Crippen LogP contribution is 2.40. The molecule has 4 bridgehead atoms. The van der Waals surface area contributed by atoms with Gasteiger partial charge in [0.2, 0.25) is 0 Å². The van der Waals surface area contributed by atoms with Gasteiger partial charge in [0.05, 0.1) is 26.1 Å². The number of cyclic esters (lactones) is 2. The molecule has 4 heterocycles. The number of ether oxygens (including phenoxy) is 8. The molecule has 4 aliphatic heterocycles. The lowest BCUT2D eigenvalue weighted by molar-refractivity contribution is -0.183. The molecule has 6 atom stereocenters. The first-order chi connectivity index (χ1) is 15.5. The van der Waals surface area contributed by atoms with E-state index in [9.17, 15) is 9.59 Å². The van der Waals surface area contributed by atoms with Gasteiger partial charge in [0.25, 0.3) is 0 Å². The Bertz CT molecular complexity index is 609. The number of hydrogen-bond donors (Lipinski definition) is 0. The smallest absolute Gasteiger partial charge is 0.311 e. The summed E-state index contributed by atoms with van der Waals surface area (Å²) in [6.07, 6.45) is 1.83. The molecule has 32 heavy (non-hydrogen) atoms. The minimum Gasteiger partial charge on any atom is -0.462 e. The van der Waals surface area contributed by atoms with Gasteiger partial charge >= 0.3 is 11.9 Å². The molecule has 4 fully saturated rings. The van der Waals surface area contributed by atoms with Crippen molar-refractivity contribution in [1.82, 2.24) is 0 Å². The summed E-state index contributed by atoms with van der Waals surface area (Å²) in [5.41, 5.74) is 0. The van der Waals surface area contributed by atoms with E-state index < -0.39 is 54.7 Å². The Morgan fingerprint density at radius 1 is 0.812 bits per heavy atom. The molecule has 0 spiro atoms. The number of hydrogen-bond acceptors (Lipinski definition) is 10. The molecule has 0 amide bonds. The second-order valence-electron chi connectivity index (χ2n) is 8.83. The van der Waals surface area contributed by atoms with Gasteiger partial charge in [-0.3, -0.25) is 9.59 Å². The zero-order chi connectivity index (χ0) is 22.6. The van der Waals surface area contributed by atoms with Crippen LogP contribution in [0.25, 0.3) is 0 Å². The van der Waals surface area contributed by atoms with Crippen molar-refractivity contribution in [3.05, 3.63) is 0 Å². The van der Waals surface area contributed by atoms with E-state index >= 15 is 0 Å². The van der Waals surface area contributed by atoms with Gasteiger partial charge in [-0.15, -0.1) is 0 Å². The average molecular weight is 459 g/mol. The second kappa shape index (κ2) is 10.8. The summed E-state index contributed by atoms with van der Waals surface area (Å²) in [7, 11) is 0. The molecular weight excluding hydrogens is 424 g/mol. The second-order valence-corrected chi connectivity index (χ2v) is 8.83. The summed E-state index contributed by atoms with van der Waals surface area (Å²) in [4.78, 5) is 24.1. The predicted octanol–water partition coefficient (Wildman–Crippen LogP) is 1.82. The van der Waals surface area contributed by atoms with Crippen LogP contribution in [0.15, 0.2) is 0 Å². The maximum absolute atomic E-state index is 12.0.